The fraction of sp³-hybridized carbons (Fsp3) is 0.714. The lowest BCUT2D eigenvalue weighted by atomic mass is 10.1. The monoisotopic (exact) mass is 156 g/mol. The van der Waals surface area contributed by atoms with Gasteiger partial charge in [-0.3, -0.25) is 0 Å². The van der Waals surface area contributed by atoms with E-state index in [4.69, 9.17) is 5.11 Å². The van der Waals surface area contributed by atoms with Crippen LogP contribution in [0.15, 0.2) is 5.70 Å². The summed E-state index contributed by atoms with van der Waals surface area (Å²) in [6.07, 6.45) is 0.567. The minimum absolute atomic E-state index is 0.0359. The second-order valence-corrected chi connectivity index (χ2v) is 2.46. The van der Waals surface area contributed by atoms with Crippen molar-refractivity contribution < 1.29 is 9.90 Å². The first kappa shape index (κ1) is 8.27. The molecular weight excluding hydrogens is 144 g/mol. The summed E-state index contributed by atoms with van der Waals surface area (Å²) < 4.78 is 0. The van der Waals surface area contributed by atoms with Crippen molar-refractivity contribution in [2.45, 2.75) is 12.5 Å². The maximum Gasteiger partial charge on any atom is 0.147 e. The number of carbonyl (C=O) groups excluding carboxylic acids is 1. The Hall–Kier alpha value is -0.830. The molecule has 0 aromatic heterocycles. The van der Waals surface area contributed by atoms with Gasteiger partial charge in [0.25, 0.3) is 0 Å². The molecule has 11 heavy (non-hydrogen) atoms. The molecule has 1 unspecified atom stereocenters. The second kappa shape index (κ2) is 4.13. The van der Waals surface area contributed by atoms with Gasteiger partial charge < -0.3 is 15.7 Å². The zero-order chi connectivity index (χ0) is 8.10. The van der Waals surface area contributed by atoms with Gasteiger partial charge >= 0.3 is 0 Å². The van der Waals surface area contributed by atoms with Crippen LogP contribution in [-0.4, -0.2) is 36.8 Å². The zero-order valence-electron chi connectivity index (χ0n) is 6.26. The summed E-state index contributed by atoms with van der Waals surface area (Å²) in [7, 11) is 0. The Morgan fingerprint density at radius 3 is 3.09 bits per heavy atom. The molecule has 0 bridgehead atoms. The molecule has 0 saturated carbocycles. The van der Waals surface area contributed by atoms with E-state index in [1.807, 2.05) is 5.94 Å². The summed E-state index contributed by atoms with van der Waals surface area (Å²) in [6, 6.07) is -0.0359. The summed E-state index contributed by atoms with van der Waals surface area (Å²) in [5.74, 6) is 1.82. The van der Waals surface area contributed by atoms with E-state index in [-0.39, 0.29) is 12.6 Å². The van der Waals surface area contributed by atoms with Crippen molar-refractivity contribution >= 4 is 5.94 Å². The summed E-state index contributed by atoms with van der Waals surface area (Å²) in [4.78, 5) is 10.3. The van der Waals surface area contributed by atoms with Gasteiger partial charge in [0.05, 0.1) is 6.04 Å². The van der Waals surface area contributed by atoms with Gasteiger partial charge in [-0.25, -0.2) is 4.79 Å². The Kier molecular flexibility index (Phi) is 3.11. The molecule has 1 atom stereocenters. The van der Waals surface area contributed by atoms with Gasteiger partial charge in [-0.15, -0.1) is 0 Å². The highest BCUT2D eigenvalue weighted by molar-refractivity contribution is 5.54. The van der Waals surface area contributed by atoms with Crippen molar-refractivity contribution in [1.29, 1.82) is 0 Å². The third-order valence-corrected chi connectivity index (χ3v) is 1.71. The fourth-order valence-corrected chi connectivity index (χ4v) is 1.15. The van der Waals surface area contributed by atoms with E-state index in [0.29, 0.717) is 12.1 Å². The molecule has 4 heteroatoms. The number of rotatable bonds is 2. The Morgan fingerprint density at radius 1 is 1.64 bits per heavy atom. The van der Waals surface area contributed by atoms with Gasteiger partial charge in [0.1, 0.15) is 11.6 Å². The standard InChI is InChI=1S/C7H12N2O2/c10-4-1-6-7(5-11)9-3-2-8-6/h6,8-10H,1-4H2. The van der Waals surface area contributed by atoms with Gasteiger partial charge in [-0.1, -0.05) is 0 Å². The lowest BCUT2D eigenvalue weighted by Gasteiger charge is -2.24. The molecule has 1 heterocycles. The highest BCUT2D eigenvalue weighted by Gasteiger charge is 2.17. The lowest BCUT2D eigenvalue weighted by Crippen LogP contribution is -2.47. The van der Waals surface area contributed by atoms with Gasteiger partial charge in [-0.2, -0.15) is 0 Å². The Morgan fingerprint density at radius 2 is 2.45 bits per heavy atom. The summed E-state index contributed by atoms with van der Waals surface area (Å²) in [6.45, 7) is 1.67. The molecule has 1 aliphatic heterocycles. The Bertz CT molecular complexity index is 173. The van der Waals surface area contributed by atoms with E-state index >= 15 is 0 Å². The van der Waals surface area contributed by atoms with E-state index < -0.39 is 0 Å². The first-order valence-electron chi connectivity index (χ1n) is 3.71. The van der Waals surface area contributed by atoms with Crippen LogP contribution in [0.4, 0.5) is 0 Å². The molecule has 0 aromatic rings. The third-order valence-electron chi connectivity index (χ3n) is 1.71. The average molecular weight is 156 g/mol. The first-order valence-corrected chi connectivity index (χ1v) is 3.71. The van der Waals surface area contributed by atoms with Gasteiger partial charge in [0.2, 0.25) is 0 Å². The number of aliphatic hydroxyl groups is 1. The van der Waals surface area contributed by atoms with Crippen LogP contribution in [-0.2, 0) is 4.79 Å². The number of piperazine rings is 1. The zero-order valence-corrected chi connectivity index (χ0v) is 6.26. The maximum absolute atomic E-state index is 10.3. The highest BCUT2D eigenvalue weighted by atomic mass is 16.3. The van der Waals surface area contributed by atoms with Crippen molar-refractivity contribution in [3.05, 3.63) is 5.70 Å². The minimum atomic E-state index is -0.0359. The normalized spacial score (nSPS) is 24.1. The smallest absolute Gasteiger partial charge is 0.147 e. The summed E-state index contributed by atoms with van der Waals surface area (Å²) >= 11 is 0. The maximum atomic E-state index is 10.3. The largest absolute Gasteiger partial charge is 0.396 e. The van der Waals surface area contributed by atoms with E-state index in [9.17, 15) is 4.79 Å². The Balaban J connectivity index is 2.52. The SMILES string of the molecule is O=C=C1NCCNC1CCO. The minimum Gasteiger partial charge on any atom is -0.396 e. The van der Waals surface area contributed by atoms with Crippen LogP contribution in [0, 0.1) is 0 Å². The Labute approximate surface area is 65.3 Å². The molecule has 0 amide bonds. The number of aliphatic hydroxyl groups excluding tert-OH is 1. The van der Waals surface area contributed by atoms with Gasteiger partial charge in [-0.05, 0) is 6.42 Å². The van der Waals surface area contributed by atoms with Crippen molar-refractivity contribution in [3.63, 3.8) is 0 Å². The molecule has 0 aliphatic carbocycles. The molecule has 4 nitrogen and oxygen atoms in total. The van der Waals surface area contributed by atoms with Gasteiger partial charge in [0, 0.05) is 19.7 Å². The van der Waals surface area contributed by atoms with Crippen LogP contribution in [0.2, 0.25) is 0 Å². The highest BCUT2D eigenvalue weighted by Crippen LogP contribution is 2.02. The summed E-state index contributed by atoms with van der Waals surface area (Å²) in [5, 5.41) is 14.6. The second-order valence-electron chi connectivity index (χ2n) is 2.46. The van der Waals surface area contributed by atoms with E-state index in [0.717, 1.165) is 13.1 Å². The predicted molar refractivity (Wildman–Crippen MR) is 40.7 cm³/mol. The lowest BCUT2D eigenvalue weighted by molar-refractivity contribution is 0.266. The quantitative estimate of drug-likeness (QED) is 0.432. The topological polar surface area (TPSA) is 61.4 Å². The molecule has 62 valence electrons. The number of hydrogen-bond donors (Lipinski definition) is 3. The molecule has 1 rings (SSSR count). The van der Waals surface area contributed by atoms with E-state index in [1.54, 1.807) is 0 Å². The predicted octanol–water partition coefficient (Wildman–Crippen LogP) is -1.35. The molecule has 1 fully saturated rings. The van der Waals surface area contributed by atoms with Crippen LogP contribution in [0.5, 0.6) is 0 Å². The molecule has 1 saturated heterocycles. The van der Waals surface area contributed by atoms with Crippen molar-refractivity contribution in [3.8, 4) is 0 Å². The number of nitrogens with one attached hydrogen (secondary N) is 2. The van der Waals surface area contributed by atoms with Gasteiger partial charge in [0.15, 0.2) is 0 Å². The van der Waals surface area contributed by atoms with Crippen molar-refractivity contribution in [2.75, 3.05) is 19.7 Å². The molecule has 0 radical (unpaired) electrons. The average Bonchev–Trinajstić information content (AvgIpc) is 2.06. The number of hydrogen-bond acceptors (Lipinski definition) is 4. The van der Waals surface area contributed by atoms with Crippen LogP contribution in [0.3, 0.4) is 0 Å². The van der Waals surface area contributed by atoms with Crippen LogP contribution in [0.1, 0.15) is 6.42 Å². The van der Waals surface area contributed by atoms with Crippen molar-refractivity contribution in [2.24, 2.45) is 0 Å². The first-order chi connectivity index (χ1) is 5.38. The fourth-order valence-electron chi connectivity index (χ4n) is 1.15. The summed E-state index contributed by atoms with van der Waals surface area (Å²) in [5.41, 5.74) is 0.533. The van der Waals surface area contributed by atoms with Crippen molar-refractivity contribution in [1.82, 2.24) is 10.6 Å². The third kappa shape index (κ3) is 2.05. The van der Waals surface area contributed by atoms with E-state index in [1.165, 1.54) is 0 Å². The van der Waals surface area contributed by atoms with Crippen LogP contribution < -0.4 is 10.6 Å². The molecule has 0 spiro atoms. The van der Waals surface area contributed by atoms with Crippen LogP contribution in [0.25, 0.3) is 0 Å². The molecule has 3 N–H and O–H groups in total. The van der Waals surface area contributed by atoms with E-state index in [2.05, 4.69) is 10.6 Å². The molecule has 0 aromatic carbocycles. The van der Waals surface area contributed by atoms with Crippen LogP contribution >= 0.6 is 0 Å². The molecular formula is C7H12N2O2. The molecule has 1 aliphatic rings.